The summed E-state index contributed by atoms with van der Waals surface area (Å²) in [5, 5.41) is 2.04. The Labute approximate surface area is 231 Å². The van der Waals surface area contributed by atoms with Crippen LogP contribution in [-0.2, 0) is 16.4 Å². The third-order valence-corrected chi connectivity index (χ3v) is 10.4. The van der Waals surface area contributed by atoms with Crippen LogP contribution in [-0.4, -0.2) is 68.8 Å². The van der Waals surface area contributed by atoms with E-state index in [0.29, 0.717) is 35.4 Å². The Hall–Kier alpha value is -1.51. The lowest BCUT2D eigenvalue weighted by atomic mass is 9.82. The molecule has 2 heterocycles. The van der Waals surface area contributed by atoms with Gasteiger partial charge in [-0.15, -0.1) is 11.3 Å². The molecule has 0 bridgehead atoms. The summed E-state index contributed by atoms with van der Waals surface area (Å²) in [5.41, 5.74) is -0.636. The van der Waals surface area contributed by atoms with E-state index in [1.807, 2.05) is 0 Å². The summed E-state index contributed by atoms with van der Waals surface area (Å²) in [7, 11) is -2.88. The van der Waals surface area contributed by atoms with Crippen LogP contribution in [0, 0.1) is 5.92 Å². The summed E-state index contributed by atoms with van der Waals surface area (Å²) in [5.74, 6) is -0.192. The van der Waals surface area contributed by atoms with Crippen LogP contribution in [0.5, 0.6) is 0 Å². The minimum atomic E-state index is -4.80. The van der Waals surface area contributed by atoms with Crippen LogP contribution in [0.4, 0.5) is 17.6 Å². The quantitative estimate of drug-likeness (QED) is 0.384. The van der Waals surface area contributed by atoms with E-state index in [2.05, 4.69) is 10.3 Å². The lowest BCUT2D eigenvalue weighted by Crippen LogP contribution is -2.62. The third-order valence-electron chi connectivity index (χ3n) is 6.67. The second-order valence-electron chi connectivity index (χ2n) is 9.93. The SMILES string of the molecule is CC(NS(=O)(=O)c1ccc(-c2sc(C(=O)NCC3(F)CN(C)C3)nc2CC2CCC2)c(Cl)c1Cl)C(F)(F)F. The fourth-order valence-corrected chi connectivity index (χ4v) is 7.59. The van der Waals surface area contributed by atoms with Crippen LogP contribution in [0.15, 0.2) is 17.0 Å². The Morgan fingerprint density at radius 1 is 1.26 bits per heavy atom. The highest BCUT2D eigenvalue weighted by molar-refractivity contribution is 7.89. The monoisotopic (exact) mass is 616 g/mol. The van der Waals surface area contributed by atoms with Crippen LogP contribution >= 0.6 is 34.5 Å². The first-order valence-corrected chi connectivity index (χ1v) is 14.9. The maximum Gasteiger partial charge on any atom is 0.404 e. The van der Waals surface area contributed by atoms with Crippen molar-refractivity contribution < 1.29 is 30.8 Å². The zero-order chi connectivity index (χ0) is 28.0. The molecule has 1 saturated heterocycles. The number of hydrogen-bond donors (Lipinski definition) is 2. The standard InChI is InChI=1S/C23H26Cl2F4N4O3S2/c1-12(23(27,28)29)32-38(35,36)16-7-6-14(17(24)18(16)25)19-15(8-13-4-3-5-13)31-21(37-19)20(34)30-9-22(26)10-33(2)11-22/h6-7,12-13,32H,3-5,8-11H2,1-2H3,(H,30,34). The molecule has 15 heteroatoms. The van der Waals surface area contributed by atoms with Crippen LogP contribution in [0.3, 0.4) is 0 Å². The molecule has 1 saturated carbocycles. The molecule has 2 aromatic rings. The second kappa shape index (κ2) is 10.8. The summed E-state index contributed by atoms with van der Waals surface area (Å²) in [4.78, 5) is 19.0. The molecule has 1 aliphatic heterocycles. The van der Waals surface area contributed by atoms with Gasteiger partial charge in [0.1, 0.15) is 10.9 Å². The van der Waals surface area contributed by atoms with E-state index in [1.54, 1.807) is 16.7 Å². The smallest absolute Gasteiger partial charge is 0.347 e. The van der Waals surface area contributed by atoms with Gasteiger partial charge in [0.2, 0.25) is 10.0 Å². The number of nitrogens with one attached hydrogen (secondary N) is 2. The van der Waals surface area contributed by atoms with Gasteiger partial charge in [0, 0.05) is 18.7 Å². The van der Waals surface area contributed by atoms with Crippen molar-refractivity contribution in [3.63, 3.8) is 0 Å². The summed E-state index contributed by atoms with van der Waals surface area (Å²) >= 11 is 13.7. The molecule has 0 spiro atoms. The Kier molecular flexibility index (Phi) is 8.38. The molecule has 4 rings (SSSR count). The number of rotatable bonds is 9. The molecule has 1 amide bonds. The first-order valence-electron chi connectivity index (χ1n) is 11.8. The maximum atomic E-state index is 14.6. The highest BCUT2D eigenvalue weighted by atomic mass is 35.5. The number of sulfonamides is 1. The van der Waals surface area contributed by atoms with E-state index < -0.39 is 43.7 Å². The van der Waals surface area contributed by atoms with Crippen LogP contribution in [0.25, 0.3) is 10.4 Å². The van der Waals surface area contributed by atoms with E-state index >= 15 is 0 Å². The summed E-state index contributed by atoms with van der Waals surface area (Å²) in [6, 6.07) is 0.0606. The molecule has 2 N–H and O–H groups in total. The predicted octanol–water partition coefficient (Wildman–Crippen LogP) is 5.07. The number of halogens is 6. The number of carbonyl (C=O) groups is 1. The van der Waals surface area contributed by atoms with E-state index in [0.717, 1.165) is 36.7 Å². The van der Waals surface area contributed by atoms with Crippen molar-refractivity contribution in [2.45, 2.75) is 55.4 Å². The van der Waals surface area contributed by atoms with Crippen molar-refractivity contribution in [2.24, 2.45) is 5.92 Å². The van der Waals surface area contributed by atoms with Crippen molar-refractivity contribution in [3.8, 4) is 10.4 Å². The van der Waals surface area contributed by atoms with Crippen molar-refractivity contribution in [3.05, 3.63) is 32.9 Å². The van der Waals surface area contributed by atoms with Crippen molar-refractivity contribution >= 4 is 50.5 Å². The number of alkyl halides is 4. The summed E-state index contributed by atoms with van der Waals surface area (Å²) in [6.07, 6.45) is -1.19. The van der Waals surface area contributed by atoms with Crippen LogP contribution in [0.2, 0.25) is 10.0 Å². The maximum absolute atomic E-state index is 14.6. The second-order valence-corrected chi connectivity index (χ2v) is 13.4. The molecule has 7 nitrogen and oxygen atoms in total. The van der Waals surface area contributed by atoms with Crippen molar-refractivity contribution in [2.75, 3.05) is 26.7 Å². The molecule has 1 aromatic heterocycles. The molecule has 0 radical (unpaired) electrons. The molecule has 210 valence electrons. The Bertz CT molecular complexity index is 1330. The fourth-order valence-electron chi connectivity index (χ4n) is 4.39. The molecule has 1 aliphatic carbocycles. The normalized spacial score (nSPS) is 19.1. The largest absolute Gasteiger partial charge is 0.404 e. The summed E-state index contributed by atoms with van der Waals surface area (Å²) < 4.78 is 80.1. The van der Waals surface area contributed by atoms with E-state index in [-0.39, 0.29) is 29.7 Å². The van der Waals surface area contributed by atoms with Gasteiger partial charge in [-0.05, 0) is 32.4 Å². The van der Waals surface area contributed by atoms with Crippen LogP contribution < -0.4 is 10.0 Å². The summed E-state index contributed by atoms with van der Waals surface area (Å²) in [6.45, 7) is 0.935. The number of hydrogen-bond acceptors (Lipinski definition) is 6. The number of benzene rings is 1. The van der Waals surface area contributed by atoms with Crippen molar-refractivity contribution in [1.82, 2.24) is 19.9 Å². The van der Waals surface area contributed by atoms with Gasteiger partial charge < -0.3 is 5.32 Å². The van der Waals surface area contributed by atoms with Gasteiger partial charge in [0.15, 0.2) is 10.7 Å². The zero-order valence-electron chi connectivity index (χ0n) is 20.5. The van der Waals surface area contributed by atoms with Crippen LogP contribution in [0.1, 0.15) is 41.7 Å². The lowest BCUT2D eigenvalue weighted by Gasteiger charge is -2.42. The fraction of sp³-hybridized carbons (Fsp3) is 0.565. The van der Waals surface area contributed by atoms with E-state index in [9.17, 15) is 30.8 Å². The Morgan fingerprint density at radius 3 is 2.47 bits per heavy atom. The predicted molar refractivity (Wildman–Crippen MR) is 138 cm³/mol. The zero-order valence-corrected chi connectivity index (χ0v) is 23.6. The first-order chi connectivity index (χ1) is 17.6. The first kappa shape index (κ1) is 29.5. The minimum Gasteiger partial charge on any atom is -0.347 e. The van der Waals surface area contributed by atoms with Gasteiger partial charge in [-0.25, -0.2) is 17.8 Å². The Morgan fingerprint density at radius 2 is 1.92 bits per heavy atom. The average Bonchev–Trinajstić information content (AvgIpc) is 3.18. The van der Waals surface area contributed by atoms with Gasteiger partial charge >= 0.3 is 6.18 Å². The topological polar surface area (TPSA) is 91.4 Å². The van der Waals surface area contributed by atoms with E-state index in [1.165, 1.54) is 6.07 Å². The number of likely N-dealkylation sites (tertiary alicyclic amines) is 1. The van der Waals surface area contributed by atoms with Gasteiger partial charge in [0.05, 0.1) is 27.2 Å². The number of aromatic nitrogens is 1. The molecule has 2 aliphatic rings. The van der Waals surface area contributed by atoms with E-state index in [4.69, 9.17) is 23.2 Å². The number of amides is 1. The molecular formula is C23H26Cl2F4N4O3S2. The molecule has 2 fully saturated rings. The Balaban J connectivity index is 1.63. The number of thiazole rings is 1. The lowest BCUT2D eigenvalue weighted by molar-refractivity contribution is -0.147. The molecule has 38 heavy (non-hydrogen) atoms. The van der Waals surface area contributed by atoms with Gasteiger partial charge in [0.25, 0.3) is 5.91 Å². The highest BCUT2D eigenvalue weighted by Gasteiger charge is 2.42. The highest BCUT2D eigenvalue weighted by Crippen LogP contribution is 2.43. The van der Waals surface area contributed by atoms with Gasteiger partial charge in [-0.1, -0.05) is 48.5 Å². The van der Waals surface area contributed by atoms with Gasteiger partial charge in [-0.2, -0.15) is 17.9 Å². The average molecular weight is 618 g/mol. The van der Waals surface area contributed by atoms with Gasteiger partial charge in [-0.3, -0.25) is 9.69 Å². The molecule has 1 aromatic carbocycles. The molecular weight excluding hydrogens is 591 g/mol. The molecule has 1 atom stereocenters. The number of carbonyl (C=O) groups excluding carboxylic acids is 1. The molecule has 1 unspecified atom stereocenters. The number of nitrogens with zero attached hydrogens (tertiary/aromatic N) is 2. The third kappa shape index (κ3) is 6.28. The van der Waals surface area contributed by atoms with Crippen molar-refractivity contribution in [1.29, 1.82) is 0 Å². The minimum absolute atomic E-state index is 0.0927.